The van der Waals surface area contributed by atoms with Crippen LogP contribution in [-0.2, 0) is 4.74 Å². The molecule has 0 saturated heterocycles. The van der Waals surface area contributed by atoms with Gasteiger partial charge in [0.2, 0.25) is 11.9 Å². The Morgan fingerprint density at radius 3 is 2.79 bits per heavy atom. The Morgan fingerprint density at radius 2 is 2.04 bits per heavy atom. The summed E-state index contributed by atoms with van der Waals surface area (Å²) in [5.41, 5.74) is 0.444. The quantitative estimate of drug-likeness (QED) is 0.528. The first kappa shape index (κ1) is 19.1. The van der Waals surface area contributed by atoms with Crippen LogP contribution in [0.1, 0.15) is 35.9 Å². The van der Waals surface area contributed by atoms with E-state index in [1.165, 1.54) is 24.5 Å². The Bertz CT molecular complexity index is 980. The highest BCUT2D eigenvalue weighted by molar-refractivity contribution is 5.88. The van der Waals surface area contributed by atoms with Crippen LogP contribution in [0.15, 0.2) is 30.6 Å². The van der Waals surface area contributed by atoms with Gasteiger partial charge in [0.05, 0.1) is 12.6 Å². The van der Waals surface area contributed by atoms with E-state index in [-0.39, 0.29) is 29.8 Å². The maximum absolute atomic E-state index is 13.9. The molecule has 0 bridgehead atoms. The van der Waals surface area contributed by atoms with Crippen LogP contribution < -0.4 is 10.6 Å². The molecule has 0 spiro atoms. The van der Waals surface area contributed by atoms with E-state index in [0.29, 0.717) is 5.82 Å². The number of nitrogens with one attached hydrogen (secondary N) is 3. The minimum Gasteiger partial charge on any atom is -0.461 e. The molecule has 1 aromatic carbocycles. The summed E-state index contributed by atoms with van der Waals surface area (Å²) in [6.07, 6.45) is 1.25. The second-order valence-electron chi connectivity index (χ2n) is 5.68. The molecule has 2 heterocycles. The predicted octanol–water partition coefficient (Wildman–Crippen LogP) is 2.97. The van der Waals surface area contributed by atoms with E-state index >= 15 is 0 Å². The van der Waals surface area contributed by atoms with Crippen LogP contribution in [0.25, 0.3) is 0 Å². The van der Waals surface area contributed by atoms with Gasteiger partial charge in [-0.25, -0.2) is 23.5 Å². The topological polar surface area (TPSA) is 118 Å². The van der Waals surface area contributed by atoms with Crippen molar-refractivity contribution in [2.45, 2.75) is 19.9 Å². The average Bonchev–Trinajstić information content (AvgIpc) is 3.10. The second kappa shape index (κ2) is 8.37. The van der Waals surface area contributed by atoms with Crippen LogP contribution in [0.3, 0.4) is 0 Å². The summed E-state index contributed by atoms with van der Waals surface area (Å²) in [7, 11) is 0. The number of benzene rings is 1. The van der Waals surface area contributed by atoms with E-state index in [4.69, 9.17) is 4.74 Å². The van der Waals surface area contributed by atoms with Gasteiger partial charge in [-0.15, -0.1) is 0 Å². The first-order chi connectivity index (χ1) is 13.5. The third-order valence-electron chi connectivity index (χ3n) is 3.66. The molecule has 0 aliphatic carbocycles. The summed E-state index contributed by atoms with van der Waals surface area (Å²) in [6.45, 7) is 3.63. The van der Waals surface area contributed by atoms with Crippen molar-refractivity contribution in [1.82, 2.24) is 25.1 Å². The van der Waals surface area contributed by atoms with E-state index < -0.39 is 23.6 Å². The first-order valence-electron chi connectivity index (χ1n) is 8.36. The number of esters is 1. The number of hydrogen-bond donors (Lipinski definition) is 3. The van der Waals surface area contributed by atoms with Crippen molar-refractivity contribution in [2.75, 3.05) is 17.2 Å². The smallest absolute Gasteiger partial charge is 0.356 e. The third-order valence-corrected chi connectivity index (χ3v) is 3.66. The van der Waals surface area contributed by atoms with Gasteiger partial charge < -0.3 is 15.4 Å². The summed E-state index contributed by atoms with van der Waals surface area (Å²) in [4.78, 5) is 23.7. The molecule has 3 N–H and O–H groups in total. The van der Waals surface area contributed by atoms with Gasteiger partial charge in [0.1, 0.15) is 23.7 Å². The number of hydrogen-bond acceptors (Lipinski definition) is 8. The molecule has 0 aliphatic rings. The Labute approximate surface area is 158 Å². The highest BCUT2D eigenvalue weighted by Gasteiger charge is 2.14. The normalized spacial score (nSPS) is 11.7. The van der Waals surface area contributed by atoms with Gasteiger partial charge in [0.25, 0.3) is 0 Å². The van der Waals surface area contributed by atoms with Crippen LogP contribution in [0.2, 0.25) is 0 Å². The Morgan fingerprint density at radius 1 is 1.25 bits per heavy atom. The highest BCUT2D eigenvalue weighted by atomic mass is 19.1. The average molecular weight is 389 g/mol. The lowest BCUT2D eigenvalue weighted by Gasteiger charge is -2.15. The molecule has 28 heavy (non-hydrogen) atoms. The van der Waals surface area contributed by atoms with Gasteiger partial charge in [-0.05, 0) is 19.9 Å². The molecule has 1 unspecified atom stereocenters. The molecule has 3 rings (SSSR count). The van der Waals surface area contributed by atoms with Crippen molar-refractivity contribution in [3.63, 3.8) is 0 Å². The van der Waals surface area contributed by atoms with Gasteiger partial charge in [-0.2, -0.15) is 10.1 Å². The van der Waals surface area contributed by atoms with Crippen molar-refractivity contribution in [1.29, 1.82) is 0 Å². The van der Waals surface area contributed by atoms with Crippen LogP contribution in [0, 0.1) is 11.6 Å². The number of ether oxygens (including phenoxy) is 1. The summed E-state index contributed by atoms with van der Waals surface area (Å²) in [5, 5.41) is 12.2. The van der Waals surface area contributed by atoms with Crippen LogP contribution in [-0.4, -0.2) is 37.7 Å². The molecule has 3 aromatic rings. The largest absolute Gasteiger partial charge is 0.461 e. The predicted molar refractivity (Wildman–Crippen MR) is 96.0 cm³/mol. The van der Waals surface area contributed by atoms with Gasteiger partial charge in [0, 0.05) is 17.7 Å². The van der Waals surface area contributed by atoms with Crippen LogP contribution >= 0.6 is 0 Å². The number of carbonyl (C=O) groups excluding carboxylic acids is 1. The van der Waals surface area contributed by atoms with E-state index in [1.54, 1.807) is 13.8 Å². The SMILES string of the molecule is CCOC(=O)c1cc(Nc2ncnc(NC(C)c3ccc(F)cc3F)n2)n[nH]1. The molecular formula is C17H17F2N7O2. The Balaban J connectivity index is 1.69. The fraction of sp³-hybridized carbons (Fsp3) is 0.235. The second-order valence-corrected chi connectivity index (χ2v) is 5.68. The van der Waals surface area contributed by atoms with Crippen molar-refractivity contribution in [3.8, 4) is 0 Å². The van der Waals surface area contributed by atoms with E-state index in [0.717, 1.165) is 6.07 Å². The molecule has 9 nitrogen and oxygen atoms in total. The fourth-order valence-electron chi connectivity index (χ4n) is 2.36. The minimum atomic E-state index is -0.671. The maximum atomic E-state index is 13.9. The Hall–Kier alpha value is -3.63. The number of rotatable bonds is 7. The summed E-state index contributed by atoms with van der Waals surface area (Å²) in [6, 6.07) is 4.27. The van der Waals surface area contributed by atoms with Crippen molar-refractivity contribution < 1.29 is 18.3 Å². The van der Waals surface area contributed by atoms with Crippen molar-refractivity contribution in [2.24, 2.45) is 0 Å². The Kier molecular flexibility index (Phi) is 5.72. The molecule has 0 saturated carbocycles. The molecule has 11 heteroatoms. The monoisotopic (exact) mass is 389 g/mol. The number of aromatic amines is 1. The lowest BCUT2D eigenvalue weighted by Crippen LogP contribution is -2.12. The molecule has 1 atom stereocenters. The summed E-state index contributed by atoms with van der Waals surface area (Å²) < 4.78 is 31.8. The minimum absolute atomic E-state index is 0.159. The number of aromatic nitrogens is 5. The fourth-order valence-corrected chi connectivity index (χ4v) is 2.36. The summed E-state index contributed by atoms with van der Waals surface area (Å²) >= 11 is 0. The van der Waals surface area contributed by atoms with Gasteiger partial charge in [0.15, 0.2) is 5.82 Å². The number of carbonyl (C=O) groups is 1. The molecule has 0 aliphatic heterocycles. The lowest BCUT2D eigenvalue weighted by atomic mass is 10.1. The zero-order valence-corrected chi connectivity index (χ0v) is 15.0. The number of halogens is 2. The first-order valence-corrected chi connectivity index (χ1v) is 8.36. The number of H-pyrrole nitrogens is 1. The lowest BCUT2D eigenvalue weighted by molar-refractivity contribution is 0.0519. The van der Waals surface area contributed by atoms with E-state index in [1.807, 2.05) is 0 Å². The molecule has 0 amide bonds. The van der Waals surface area contributed by atoms with Crippen LogP contribution in [0.5, 0.6) is 0 Å². The standard InChI is InChI=1S/C17H17F2N7O2/c1-3-28-15(27)13-7-14(26-25-13)23-17-21-8-20-16(24-17)22-9(2)11-5-4-10(18)6-12(11)19/h4-9H,3H2,1-2H3,(H3,20,21,22,23,24,25,26). The van der Waals surface area contributed by atoms with Crippen molar-refractivity contribution >= 4 is 23.7 Å². The zero-order chi connectivity index (χ0) is 20.1. The zero-order valence-electron chi connectivity index (χ0n) is 15.0. The number of anilines is 3. The highest BCUT2D eigenvalue weighted by Crippen LogP contribution is 2.21. The molecular weight excluding hydrogens is 372 g/mol. The molecule has 2 aromatic heterocycles. The number of nitrogens with zero attached hydrogens (tertiary/aromatic N) is 4. The van der Waals surface area contributed by atoms with Gasteiger partial charge >= 0.3 is 5.97 Å². The van der Waals surface area contributed by atoms with Gasteiger partial charge in [-0.1, -0.05) is 6.07 Å². The van der Waals surface area contributed by atoms with E-state index in [9.17, 15) is 13.6 Å². The maximum Gasteiger partial charge on any atom is 0.356 e. The third kappa shape index (κ3) is 4.55. The van der Waals surface area contributed by atoms with Crippen LogP contribution in [0.4, 0.5) is 26.5 Å². The van der Waals surface area contributed by atoms with Crippen molar-refractivity contribution in [3.05, 3.63) is 53.5 Å². The molecule has 0 radical (unpaired) electrons. The molecule has 146 valence electrons. The summed E-state index contributed by atoms with van der Waals surface area (Å²) in [5.74, 6) is -1.22. The van der Waals surface area contributed by atoms with Gasteiger partial charge in [-0.3, -0.25) is 5.10 Å². The molecule has 0 fully saturated rings. The van der Waals surface area contributed by atoms with E-state index in [2.05, 4.69) is 35.8 Å².